The first-order valence-corrected chi connectivity index (χ1v) is 11.1. The highest BCUT2D eigenvalue weighted by Gasteiger charge is 2.41. The van der Waals surface area contributed by atoms with Crippen molar-refractivity contribution in [3.8, 4) is 5.75 Å². The van der Waals surface area contributed by atoms with Gasteiger partial charge in [0, 0.05) is 12.3 Å². The number of pyridine rings is 1. The largest absolute Gasteiger partial charge is 0.485 e. The molecule has 7 heteroatoms. The van der Waals surface area contributed by atoms with Crippen LogP contribution >= 0.6 is 0 Å². The van der Waals surface area contributed by atoms with Crippen molar-refractivity contribution >= 4 is 14.0 Å². The van der Waals surface area contributed by atoms with Crippen LogP contribution in [0.5, 0.6) is 5.75 Å². The summed E-state index contributed by atoms with van der Waals surface area (Å²) in [4.78, 5) is 4.17. The van der Waals surface area contributed by atoms with Gasteiger partial charge in [0.2, 0.25) is 0 Å². The number of nitrogens with two attached hydrogens (primary N) is 1. The normalized spacial score (nSPS) is 13.4. The third-order valence-corrected chi connectivity index (χ3v) is 8.90. The molecule has 0 aromatic carbocycles. The zero-order valence-corrected chi connectivity index (χ0v) is 16.7. The third kappa shape index (κ3) is 5.41. The number of alkyl halides is 2. The zero-order chi connectivity index (χ0) is 18.8. The fourth-order valence-corrected chi connectivity index (χ4v) is 2.79. The topological polar surface area (TPSA) is 57.4 Å². The molecule has 0 spiro atoms. The van der Waals surface area contributed by atoms with E-state index < -0.39 is 27.5 Å². The summed E-state index contributed by atoms with van der Waals surface area (Å²) in [6.07, 6.45) is 1.52. The van der Waals surface area contributed by atoms with E-state index in [9.17, 15) is 8.78 Å². The quantitative estimate of drug-likeness (QED) is 0.708. The summed E-state index contributed by atoms with van der Waals surface area (Å²) < 4.78 is 39.1. The molecule has 0 bridgehead atoms. The fourth-order valence-electron chi connectivity index (χ4n) is 1.78. The lowest BCUT2D eigenvalue weighted by Gasteiger charge is -2.37. The Hall–Kier alpha value is -1.21. The molecule has 0 aliphatic rings. The molecular weight excluding hydrogens is 330 g/mol. The lowest BCUT2D eigenvalue weighted by molar-refractivity contribution is -0.0759. The van der Waals surface area contributed by atoms with Crippen LogP contribution in [0.2, 0.25) is 18.1 Å². The summed E-state index contributed by atoms with van der Waals surface area (Å²) in [6.45, 7) is 12.4. The van der Waals surface area contributed by atoms with E-state index in [0.717, 1.165) is 0 Å². The third-order valence-electron chi connectivity index (χ3n) is 4.42. The van der Waals surface area contributed by atoms with E-state index in [-0.39, 0.29) is 16.7 Å². The Morgan fingerprint density at radius 3 is 2.29 bits per heavy atom. The predicted molar refractivity (Wildman–Crippen MR) is 96.3 cm³/mol. The maximum Gasteiger partial charge on any atom is 0.302 e. The standard InChI is InChI=1S/C17H30F2N2O2Si/c1-12(2)15-14(20)13(8-9-21-15)22-10-17(18,19)11-23-24(6,7)16(3,4)5/h8-9,12H,10-11,20H2,1-7H3. The number of hydrogen-bond donors (Lipinski definition) is 1. The van der Waals surface area contributed by atoms with Crippen molar-refractivity contribution in [1.82, 2.24) is 4.98 Å². The molecule has 1 rings (SSSR count). The molecule has 138 valence electrons. The van der Waals surface area contributed by atoms with Crippen molar-refractivity contribution in [3.63, 3.8) is 0 Å². The number of rotatable bonds is 7. The molecule has 1 aromatic rings. The summed E-state index contributed by atoms with van der Waals surface area (Å²) >= 11 is 0. The summed E-state index contributed by atoms with van der Waals surface area (Å²) in [5.74, 6) is -2.75. The van der Waals surface area contributed by atoms with Crippen molar-refractivity contribution in [2.45, 2.75) is 64.6 Å². The van der Waals surface area contributed by atoms with Crippen molar-refractivity contribution in [2.24, 2.45) is 0 Å². The van der Waals surface area contributed by atoms with Crippen molar-refractivity contribution in [1.29, 1.82) is 0 Å². The number of anilines is 1. The average molecular weight is 361 g/mol. The molecule has 0 amide bonds. The first-order valence-electron chi connectivity index (χ1n) is 8.16. The van der Waals surface area contributed by atoms with Crippen LogP contribution in [0.1, 0.15) is 46.2 Å². The van der Waals surface area contributed by atoms with Crippen LogP contribution in [0.3, 0.4) is 0 Å². The number of nitrogen functional groups attached to an aromatic ring is 1. The highest BCUT2D eigenvalue weighted by molar-refractivity contribution is 6.74. The van der Waals surface area contributed by atoms with Gasteiger partial charge in [-0.2, -0.15) is 0 Å². The fraction of sp³-hybridized carbons (Fsp3) is 0.706. The molecule has 1 heterocycles. The van der Waals surface area contributed by atoms with Gasteiger partial charge in [-0.3, -0.25) is 4.98 Å². The number of ether oxygens (including phenoxy) is 1. The Balaban J connectivity index is 2.71. The Morgan fingerprint density at radius 1 is 1.21 bits per heavy atom. The minimum Gasteiger partial charge on any atom is -0.485 e. The van der Waals surface area contributed by atoms with Crippen LogP contribution in [0.15, 0.2) is 12.3 Å². The van der Waals surface area contributed by atoms with E-state index in [0.29, 0.717) is 11.4 Å². The first kappa shape index (κ1) is 20.8. The molecule has 0 saturated heterocycles. The molecule has 4 nitrogen and oxygen atoms in total. The molecule has 0 aliphatic carbocycles. The summed E-state index contributed by atoms with van der Waals surface area (Å²) in [7, 11) is -2.23. The number of halogens is 2. The molecule has 0 unspecified atom stereocenters. The summed E-state index contributed by atoms with van der Waals surface area (Å²) in [5.41, 5.74) is 6.92. The van der Waals surface area contributed by atoms with Gasteiger partial charge in [0.15, 0.2) is 14.9 Å². The Labute approximate surface area is 144 Å². The van der Waals surface area contributed by atoms with Crippen LogP contribution in [-0.4, -0.2) is 32.4 Å². The molecule has 0 aliphatic heterocycles. The van der Waals surface area contributed by atoms with E-state index in [1.807, 2.05) is 47.7 Å². The van der Waals surface area contributed by atoms with E-state index in [4.69, 9.17) is 14.9 Å². The monoisotopic (exact) mass is 360 g/mol. The Bertz CT molecular complexity index is 558. The predicted octanol–water partition coefficient (Wildman–Crippen LogP) is 4.82. The Morgan fingerprint density at radius 2 is 1.79 bits per heavy atom. The second-order valence-electron chi connectivity index (χ2n) is 7.96. The maximum absolute atomic E-state index is 14.1. The lowest BCUT2D eigenvalue weighted by Crippen LogP contribution is -2.45. The smallest absolute Gasteiger partial charge is 0.302 e. The van der Waals surface area contributed by atoms with E-state index in [1.54, 1.807) is 0 Å². The molecule has 0 fully saturated rings. The minimum atomic E-state index is -3.08. The van der Waals surface area contributed by atoms with Crippen LogP contribution < -0.4 is 10.5 Å². The van der Waals surface area contributed by atoms with E-state index in [1.165, 1.54) is 12.3 Å². The van der Waals surface area contributed by atoms with Crippen molar-refractivity contribution < 1.29 is 17.9 Å². The van der Waals surface area contributed by atoms with Crippen LogP contribution in [0.25, 0.3) is 0 Å². The first-order chi connectivity index (χ1) is 10.8. The van der Waals surface area contributed by atoms with Gasteiger partial charge in [-0.05, 0) is 24.1 Å². The van der Waals surface area contributed by atoms with Gasteiger partial charge in [-0.25, -0.2) is 8.78 Å². The van der Waals surface area contributed by atoms with E-state index >= 15 is 0 Å². The lowest BCUT2D eigenvalue weighted by atomic mass is 10.1. The van der Waals surface area contributed by atoms with Gasteiger partial charge in [0.05, 0.1) is 11.4 Å². The Kier molecular flexibility index (Phi) is 6.38. The summed E-state index contributed by atoms with van der Waals surface area (Å²) in [6, 6.07) is 1.51. The average Bonchev–Trinajstić information content (AvgIpc) is 2.43. The molecule has 24 heavy (non-hydrogen) atoms. The van der Waals surface area contributed by atoms with Gasteiger partial charge < -0.3 is 14.9 Å². The molecule has 0 radical (unpaired) electrons. The van der Waals surface area contributed by atoms with Gasteiger partial charge in [-0.1, -0.05) is 34.6 Å². The maximum atomic E-state index is 14.1. The van der Waals surface area contributed by atoms with Crippen molar-refractivity contribution in [3.05, 3.63) is 18.0 Å². The highest BCUT2D eigenvalue weighted by Crippen LogP contribution is 2.37. The van der Waals surface area contributed by atoms with Crippen LogP contribution in [0.4, 0.5) is 14.5 Å². The van der Waals surface area contributed by atoms with Gasteiger partial charge in [0.1, 0.15) is 12.4 Å². The number of hydrogen-bond acceptors (Lipinski definition) is 4. The second-order valence-corrected chi connectivity index (χ2v) is 12.8. The highest BCUT2D eigenvalue weighted by atomic mass is 28.4. The molecule has 0 atom stereocenters. The molecular formula is C17H30F2N2O2Si. The minimum absolute atomic E-state index is 0.0935. The number of nitrogens with zero attached hydrogens (tertiary/aromatic N) is 1. The summed E-state index contributed by atoms with van der Waals surface area (Å²) in [5, 5.41) is -0.119. The van der Waals surface area contributed by atoms with Gasteiger partial charge in [0.25, 0.3) is 0 Å². The number of aromatic nitrogens is 1. The SMILES string of the molecule is CC(C)c1nccc(OCC(F)(F)CO[Si](C)(C)C(C)(C)C)c1N. The molecule has 0 saturated carbocycles. The van der Waals surface area contributed by atoms with E-state index in [2.05, 4.69) is 4.98 Å². The molecule has 2 N–H and O–H groups in total. The van der Waals surface area contributed by atoms with Crippen LogP contribution in [-0.2, 0) is 4.43 Å². The van der Waals surface area contributed by atoms with Crippen LogP contribution in [0, 0.1) is 0 Å². The van der Waals surface area contributed by atoms with Gasteiger partial charge >= 0.3 is 5.92 Å². The zero-order valence-electron chi connectivity index (χ0n) is 15.7. The van der Waals surface area contributed by atoms with Crippen molar-refractivity contribution in [2.75, 3.05) is 18.9 Å². The molecule has 1 aromatic heterocycles. The second kappa shape index (κ2) is 7.35. The van der Waals surface area contributed by atoms with Gasteiger partial charge in [-0.15, -0.1) is 0 Å².